The van der Waals surface area contributed by atoms with Crippen LogP contribution in [0.1, 0.15) is 5.56 Å². The van der Waals surface area contributed by atoms with E-state index in [1.807, 2.05) is 0 Å². The summed E-state index contributed by atoms with van der Waals surface area (Å²) in [7, 11) is -1.08. The van der Waals surface area contributed by atoms with Gasteiger partial charge in [0.25, 0.3) is 10.0 Å². The van der Waals surface area contributed by atoms with E-state index in [2.05, 4.69) is 14.8 Å². The lowest BCUT2D eigenvalue weighted by atomic mass is 10.2. The Morgan fingerprint density at radius 1 is 1.23 bits per heavy atom. The molecule has 0 atom stereocenters. The van der Waals surface area contributed by atoms with Crippen molar-refractivity contribution in [3.05, 3.63) is 48.4 Å². The molecule has 26 heavy (non-hydrogen) atoms. The number of rotatable bonds is 4. The first-order valence-electron chi connectivity index (χ1n) is 7.29. The van der Waals surface area contributed by atoms with Crippen molar-refractivity contribution in [2.45, 2.75) is 11.1 Å². The molecule has 0 saturated heterocycles. The zero-order valence-corrected chi connectivity index (χ0v) is 14.5. The largest absolute Gasteiger partial charge is 0.417 e. The van der Waals surface area contributed by atoms with Crippen LogP contribution in [0.25, 0.3) is 5.52 Å². The second kappa shape index (κ2) is 6.16. The van der Waals surface area contributed by atoms with Gasteiger partial charge >= 0.3 is 6.18 Å². The highest BCUT2D eigenvalue weighted by molar-refractivity contribution is 7.93. The molecule has 7 nitrogen and oxygen atoms in total. The topological polar surface area (TPSA) is 79.6 Å². The Labute approximate surface area is 147 Å². The molecule has 3 aromatic rings. The molecule has 0 aromatic carbocycles. The van der Waals surface area contributed by atoms with Crippen LogP contribution in [0.2, 0.25) is 0 Å². The number of hydrogen-bond donors (Lipinski definition) is 1. The maximum absolute atomic E-state index is 13.0. The molecule has 0 radical (unpaired) electrons. The smallest absolute Gasteiger partial charge is 0.361 e. The van der Waals surface area contributed by atoms with Gasteiger partial charge in [-0.2, -0.15) is 18.3 Å². The third kappa shape index (κ3) is 3.29. The predicted octanol–water partition coefficient (Wildman–Crippen LogP) is 2.61. The number of alkyl halides is 3. The lowest BCUT2D eigenvalue weighted by Crippen LogP contribution is -2.20. The Morgan fingerprint density at radius 3 is 2.62 bits per heavy atom. The van der Waals surface area contributed by atoms with Crippen LogP contribution in [0, 0.1) is 0 Å². The van der Waals surface area contributed by atoms with Crippen LogP contribution >= 0.6 is 0 Å². The van der Waals surface area contributed by atoms with Crippen molar-refractivity contribution in [1.82, 2.24) is 14.6 Å². The SMILES string of the molecule is CN(C)c1ncc(C(F)(F)F)cc1NS(=O)(=O)c1cccn2nccc12. The molecule has 3 aromatic heterocycles. The first-order chi connectivity index (χ1) is 12.1. The van der Waals surface area contributed by atoms with Crippen LogP contribution in [0.4, 0.5) is 24.7 Å². The summed E-state index contributed by atoms with van der Waals surface area (Å²) in [6.07, 6.45) is -1.01. The quantitative estimate of drug-likeness (QED) is 0.747. The van der Waals surface area contributed by atoms with Gasteiger partial charge in [-0.25, -0.2) is 17.9 Å². The monoisotopic (exact) mass is 385 g/mol. The van der Waals surface area contributed by atoms with Gasteiger partial charge in [-0.05, 0) is 24.3 Å². The van der Waals surface area contributed by atoms with Gasteiger partial charge in [-0.3, -0.25) is 4.72 Å². The molecule has 1 N–H and O–H groups in total. The molecule has 0 fully saturated rings. The van der Waals surface area contributed by atoms with E-state index in [4.69, 9.17) is 0 Å². The van der Waals surface area contributed by atoms with Crippen molar-refractivity contribution in [2.75, 3.05) is 23.7 Å². The van der Waals surface area contributed by atoms with Crippen molar-refractivity contribution < 1.29 is 21.6 Å². The van der Waals surface area contributed by atoms with Crippen molar-refractivity contribution in [3.8, 4) is 0 Å². The first kappa shape index (κ1) is 18.0. The Hall–Kier alpha value is -2.82. The molecule has 0 unspecified atom stereocenters. The Morgan fingerprint density at radius 2 is 1.96 bits per heavy atom. The number of fused-ring (bicyclic) bond motifs is 1. The van der Waals surface area contributed by atoms with Crippen molar-refractivity contribution >= 4 is 27.0 Å². The molecule has 0 bridgehead atoms. The average molecular weight is 385 g/mol. The first-order valence-corrected chi connectivity index (χ1v) is 8.77. The zero-order valence-electron chi connectivity index (χ0n) is 13.7. The summed E-state index contributed by atoms with van der Waals surface area (Å²) >= 11 is 0. The highest BCUT2D eigenvalue weighted by atomic mass is 32.2. The number of aromatic nitrogens is 3. The van der Waals surface area contributed by atoms with E-state index in [0.717, 1.165) is 6.07 Å². The molecule has 138 valence electrons. The molecular formula is C15H14F3N5O2S. The summed E-state index contributed by atoms with van der Waals surface area (Å²) in [5, 5.41) is 3.95. The lowest BCUT2D eigenvalue weighted by Gasteiger charge is -2.19. The summed E-state index contributed by atoms with van der Waals surface area (Å²) in [5.41, 5.74) is -1.03. The molecule has 0 aliphatic heterocycles. The van der Waals surface area contributed by atoms with Crippen LogP contribution in [0.3, 0.4) is 0 Å². The fourth-order valence-electron chi connectivity index (χ4n) is 2.40. The average Bonchev–Trinajstić information content (AvgIpc) is 3.01. The van der Waals surface area contributed by atoms with E-state index in [9.17, 15) is 21.6 Å². The van der Waals surface area contributed by atoms with Gasteiger partial charge in [0, 0.05) is 26.5 Å². The number of nitrogens with zero attached hydrogens (tertiary/aromatic N) is 4. The third-order valence-electron chi connectivity index (χ3n) is 3.55. The summed E-state index contributed by atoms with van der Waals surface area (Å²) in [5.74, 6) is 0.0574. The van der Waals surface area contributed by atoms with Crippen LogP contribution in [-0.4, -0.2) is 37.1 Å². The summed E-state index contributed by atoms with van der Waals surface area (Å²) in [6, 6.07) is 5.03. The van der Waals surface area contributed by atoms with E-state index in [-0.39, 0.29) is 16.4 Å². The van der Waals surface area contributed by atoms with E-state index >= 15 is 0 Å². The fraction of sp³-hybridized carbons (Fsp3) is 0.200. The number of anilines is 2. The fourth-order valence-corrected chi connectivity index (χ4v) is 3.64. The van der Waals surface area contributed by atoms with E-state index in [1.165, 1.54) is 33.8 Å². The second-order valence-corrected chi connectivity index (χ2v) is 7.28. The number of nitrogens with one attached hydrogen (secondary N) is 1. The second-order valence-electron chi connectivity index (χ2n) is 5.63. The Balaban J connectivity index is 2.11. The Kier molecular flexibility index (Phi) is 4.26. The maximum atomic E-state index is 13.0. The molecule has 0 spiro atoms. The highest BCUT2D eigenvalue weighted by Gasteiger charge is 2.32. The van der Waals surface area contributed by atoms with Crippen LogP contribution < -0.4 is 9.62 Å². The van der Waals surface area contributed by atoms with E-state index in [1.54, 1.807) is 20.3 Å². The molecule has 3 heterocycles. The molecule has 0 amide bonds. The Bertz CT molecular complexity index is 1060. The predicted molar refractivity (Wildman–Crippen MR) is 89.6 cm³/mol. The van der Waals surface area contributed by atoms with Crippen molar-refractivity contribution in [3.63, 3.8) is 0 Å². The van der Waals surface area contributed by atoms with Crippen molar-refractivity contribution in [1.29, 1.82) is 0 Å². The van der Waals surface area contributed by atoms with Gasteiger partial charge in [0.05, 0.1) is 23.0 Å². The molecule has 0 aliphatic carbocycles. The molecule has 11 heteroatoms. The standard InChI is InChI=1S/C15H14F3N5O2S/c1-22(2)14-11(8-10(9-19-14)15(16,17)18)21-26(24,25)13-4-3-7-23-12(13)5-6-20-23/h3-9,21H,1-2H3. The van der Waals surface area contributed by atoms with Crippen LogP contribution in [0.15, 0.2) is 47.8 Å². The number of hydrogen-bond acceptors (Lipinski definition) is 5. The lowest BCUT2D eigenvalue weighted by molar-refractivity contribution is -0.137. The number of pyridine rings is 2. The summed E-state index contributed by atoms with van der Waals surface area (Å²) in [6.45, 7) is 0. The van der Waals surface area contributed by atoms with Crippen molar-refractivity contribution in [2.24, 2.45) is 0 Å². The van der Waals surface area contributed by atoms with Gasteiger partial charge in [0.2, 0.25) is 0 Å². The molecule has 3 rings (SSSR count). The minimum absolute atomic E-state index is 0.0574. The minimum Gasteiger partial charge on any atom is -0.361 e. The van der Waals surface area contributed by atoms with E-state index < -0.39 is 21.8 Å². The van der Waals surface area contributed by atoms with Crippen LogP contribution in [0.5, 0.6) is 0 Å². The zero-order chi connectivity index (χ0) is 19.1. The van der Waals surface area contributed by atoms with Gasteiger partial charge in [0.15, 0.2) is 5.82 Å². The minimum atomic E-state index is -4.65. The maximum Gasteiger partial charge on any atom is 0.417 e. The number of halogens is 3. The molecule has 0 aliphatic rings. The number of sulfonamides is 1. The molecule has 0 saturated carbocycles. The van der Waals surface area contributed by atoms with Gasteiger partial charge in [-0.15, -0.1) is 0 Å². The summed E-state index contributed by atoms with van der Waals surface area (Å²) < 4.78 is 68.0. The highest BCUT2D eigenvalue weighted by Crippen LogP contribution is 2.34. The van der Waals surface area contributed by atoms with Gasteiger partial charge in [0.1, 0.15) is 4.90 Å². The van der Waals surface area contributed by atoms with Crippen LogP contribution in [-0.2, 0) is 16.2 Å². The summed E-state index contributed by atoms with van der Waals surface area (Å²) in [4.78, 5) is 5.04. The van der Waals surface area contributed by atoms with E-state index in [0.29, 0.717) is 11.7 Å². The third-order valence-corrected chi connectivity index (χ3v) is 4.96. The normalized spacial score (nSPS) is 12.3. The van der Waals surface area contributed by atoms with Gasteiger partial charge in [-0.1, -0.05) is 0 Å². The van der Waals surface area contributed by atoms with Gasteiger partial charge < -0.3 is 4.90 Å². The molecular weight excluding hydrogens is 371 g/mol.